The minimum absolute atomic E-state index is 0.0592. The van der Waals surface area contributed by atoms with Crippen LogP contribution in [0.25, 0.3) is 0 Å². The van der Waals surface area contributed by atoms with Gasteiger partial charge in [0.15, 0.2) is 0 Å². The molecule has 0 aliphatic carbocycles. The van der Waals surface area contributed by atoms with Crippen LogP contribution in [0.1, 0.15) is 23.6 Å². The van der Waals surface area contributed by atoms with Gasteiger partial charge in [0.2, 0.25) is 5.91 Å². The number of hydrogen-bond donors (Lipinski definition) is 1. The number of carbonyl (C=O) groups is 2. The fourth-order valence-electron chi connectivity index (χ4n) is 5.80. The fourth-order valence-corrected chi connectivity index (χ4v) is 6.55. The zero-order chi connectivity index (χ0) is 29.9. The van der Waals surface area contributed by atoms with Gasteiger partial charge in [-0.05, 0) is 49.0 Å². The molecule has 8 nitrogen and oxygen atoms in total. The van der Waals surface area contributed by atoms with Crippen LogP contribution in [0.3, 0.4) is 0 Å². The smallest absolute Gasteiger partial charge is 0.362 e. The molecule has 0 saturated carbocycles. The molecule has 4 atom stereocenters. The molecule has 220 valence electrons. The quantitative estimate of drug-likeness (QED) is 0.203. The van der Waals surface area contributed by atoms with E-state index in [-0.39, 0.29) is 6.61 Å². The highest BCUT2D eigenvalue weighted by Crippen LogP contribution is 2.54. The highest BCUT2D eigenvalue weighted by atomic mass is 35.7. The van der Waals surface area contributed by atoms with E-state index in [2.05, 4.69) is 46.6 Å². The van der Waals surface area contributed by atoms with Crippen molar-refractivity contribution in [2.45, 2.75) is 24.7 Å². The van der Waals surface area contributed by atoms with Crippen molar-refractivity contribution < 1.29 is 23.4 Å². The molecular formula is C32H35ClN3O5P. The summed E-state index contributed by atoms with van der Waals surface area (Å²) in [5.74, 6) is -1.55. The summed E-state index contributed by atoms with van der Waals surface area (Å²) in [6.07, 6.45) is 0.444. The Kier molecular flexibility index (Phi) is 9.14. The van der Waals surface area contributed by atoms with Crippen molar-refractivity contribution in [3.05, 3.63) is 119 Å². The van der Waals surface area contributed by atoms with E-state index in [4.69, 9.17) is 20.5 Å². The minimum atomic E-state index is -3.58. The van der Waals surface area contributed by atoms with Gasteiger partial charge >= 0.3 is 6.87 Å². The number of carbonyl (C=O) groups excluding carboxylic acids is 2. The van der Waals surface area contributed by atoms with Crippen LogP contribution < -0.4 is 5.32 Å². The van der Waals surface area contributed by atoms with Crippen molar-refractivity contribution >= 4 is 29.9 Å². The zero-order valence-corrected chi connectivity index (χ0v) is 25.5. The predicted molar refractivity (Wildman–Crippen MR) is 163 cm³/mol. The Morgan fingerprint density at radius 1 is 0.929 bits per heavy atom. The molecule has 0 radical (unpaired) electrons. The molecular weight excluding hydrogens is 573 g/mol. The van der Waals surface area contributed by atoms with Crippen LogP contribution >= 0.6 is 18.1 Å². The van der Waals surface area contributed by atoms with E-state index < -0.39 is 42.4 Å². The number of nitrogens with zero attached hydrogens (tertiary/aromatic N) is 2. The highest BCUT2D eigenvalue weighted by molar-refractivity contribution is 7.83. The molecule has 3 aromatic rings. The number of hydrogen-bond acceptors (Lipinski definition) is 6. The lowest BCUT2D eigenvalue weighted by Crippen LogP contribution is -2.61. The monoisotopic (exact) mass is 607 g/mol. The third-order valence-electron chi connectivity index (χ3n) is 7.87. The molecule has 10 heteroatoms. The summed E-state index contributed by atoms with van der Waals surface area (Å²) in [7, 11) is 3.18. The molecule has 1 saturated heterocycles. The first-order valence-corrected chi connectivity index (χ1v) is 16.3. The van der Waals surface area contributed by atoms with Crippen LogP contribution in [0.2, 0.25) is 0 Å². The van der Waals surface area contributed by atoms with Gasteiger partial charge in [0, 0.05) is 18.7 Å². The number of ether oxygens (including phenoxy) is 1. The molecule has 2 amide bonds. The first kappa shape index (κ1) is 30.4. The minimum Gasteiger partial charge on any atom is -0.369 e. The van der Waals surface area contributed by atoms with Crippen LogP contribution in [0.5, 0.6) is 0 Å². The topological polar surface area (TPSA) is 88.2 Å². The molecule has 2 aliphatic heterocycles. The Labute approximate surface area is 251 Å². The second-order valence-electron chi connectivity index (χ2n) is 10.8. The van der Waals surface area contributed by atoms with E-state index in [1.165, 1.54) is 4.67 Å². The second kappa shape index (κ2) is 12.6. The van der Waals surface area contributed by atoms with Crippen molar-refractivity contribution in [3.8, 4) is 0 Å². The average Bonchev–Trinajstić information content (AvgIpc) is 3.00. The average molecular weight is 608 g/mol. The maximum absolute atomic E-state index is 13.2. The lowest BCUT2D eigenvalue weighted by molar-refractivity contribution is -0.150. The van der Waals surface area contributed by atoms with E-state index in [1.807, 2.05) is 54.6 Å². The number of nitrogens with one attached hydrogen (secondary N) is 1. The molecule has 2 aliphatic rings. The summed E-state index contributed by atoms with van der Waals surface area (Å²) in [5, 5.41) is 2.46. The van der Waals surface area contributed by atoms with Crippen LogP contribution in [0, 0.1) is 5.92 Å². The number of benzene rings is 3. The van der Waals surface area contributed by atoms with Gasteiger partial charge in [0.05, 0.1) is 30.3 Å². The maximum atomic E-state index is 13.2. The molecule has 2 unspecified atom stereocenters. The molecule has 2 heterocycles. The van der Waals surface area contributed by atoms with Crippen molar-refractivity contribution in [1.82, 2.24) is 14.9 Å². The number of amides is 2. The Bertz CT molecular complexity index is 1390. The third kappa shape index (κ3) is 6.02. The SMILES string of the molecule is CC1=CC([C@H]2CN(C(c3ccccc3)(c3ccccc3)c3ccccc3)C[C@@H](COP(=O)(Cl)N(C)C)O2)C(=O)NC1=O. The van der Waals surface area contributed by atoms with Crippen molar-refractivity contribution in [2.75, 3.05) is 33.8 Å². The summed E-state index contributed by atoms with van der Waals surface area (Å²) in [6.45, 7) is -1.21. The van der Waals surface area contributed by atoms with E-state index in [0.717, 1.165) is 16.7 Å². The van der Waals surface area contributed by atoms with Gasteiger partial charge < -0.3 is 9.26 Å². The molecule has 0 spiro atoms. The largest absolute Gasteiger partial charge is 0.369 e. The van der Waals surface area contributed by atoms with Gasteiger partial charge in [-0.25, -0.2) is 4.67 Å². The number of halogens is 1. The lowest BCUT2D eigenvalue weighted by Gasteiger charge is -2.51. The highest BCUT2D eigenvalue weighted by Gasteiger charge is 2.48. The van der Waals surface area contributed by atoms with Crippen LogP contribution in [0.15, 0.2) is 103 Å². The van der Waals surface area contributed by atoms with E-state index >= 15 is 0 Å². The summed E-state index contributed by atoms with van der Waals surface area (Å²) in [4.78, 5) is 27.7. The second-order valence-corrected chi connectivity index (χ2v) is 14.0. The van der Waals surface area contributed by atoms with Gasteiger partial charge in [-0.1, -0.05) is 97.1 Å². The third-order valence-corrected chi connectivity index (χ3v) is 10.5. The Morgan fingerprint density at radius 3 is 1.90 bits per heavy atom. The van der Waals surface area contributed by atoms with Gasteiger partial charge in [-0.2, -0.15) is 0 Å². The molecule has 0 aromatic heterocycles. The number of morpholine rings is 1. The van der Waals surface area contributed by atoms with E-state index in [1.54, 1.807) is 27.1 Å². The molecule has 3 aromatic carbocycles. The Balaban J connectivity index is 1.67. The molecule has 0 bridgehead atoms. The van der Waals surface area contributed by atoms with Gasteiger partial charge in [-0.3, -0.25) is 24.4 Å². The molecule has 42 heavy (non-hydrogen) atoms. The first-order chi connectivity index (χ1) is 20.1. The number of rotatable bonds is 9. The van der Waals surface area contributed by atoms with Gasteiger partial charge in [0.1, 0.15) is 0 Å². The van der Waals surface area contributed by atoms with Crippen LogP contribution in [0.4, 0.5) is 0 Å². The summed E-state index contributed by atoms with van der Waals surface area (Å²) in [6, 6.07) is 30.7. The van der Waals surface area contributed by atoms with Crippen molar-refractivity contribution in [3.63, 3.8) is 0 Å². The normalized spacial score (nSPS) is 23.3. The molecule has 1 N–H and O–H groups in total. The zero-order valence-electron chi connectivity index (χ0n) is 23.9. The van der Waals surface area contributed by atoms with Crippen molar-refractivity contribution in [1.29, 1.82) is 0 Å². The summed E-state index contributed by atoms with van der Waals surface area (Å²) < 4.78 is 26.5. The Hall–Kier alpha value is -3.10. The van der Waals surface area contributed by atoms with Crippen LogP contribution in [-0.2, 0) is 29.0 Å². The number of imide groups is 1. The predicted octanol–water partition coefficient (Wildman–Crippen LogP) is 5.19. The maximum Gasteiger partial charge on any atom is 0.362 e. The molecule has 5 rings (SSSR count). The van der Waals surface area contributed by atoms with E-state index in [0.29, 0.717) is 18.7 Å². The Morgan fingerprint density at radius 2 is 1.43 bits per heavy atom. The van der Waals surface area contributed by atoms with Crippen molar-refractivity contribution in [2.24, 2.45) is 5.92 Å². The fraction of sp³-hybridized carbons (Fsp3) is 0.312. The van der Waals surface area contributed by atoms with Gasteiger partial charge in [0.25, 0.3) is 5.91 Å². The standard InChI is InChI=1S/C32H35ClN3O5P/c1-23-19-28(31(38)34-30(23)37)29-21-36(20-27(41-29)22-40-42(33,39)35(2)3)32(24-13-7-4-8-14-24,25-15-9-5-10-16-25)26-17-11-6-12-18-26/h4-19,27-29H,20-22H2,1-3H3,(H,34,37,38)/t27-,28?,29+,42?/m0/s1. The summed E-state index contributed by atoms with van der Waals surface area (Å²) >= 11 is 6.23. The molecule has 1 fully saturated rings. The summed E-state index contributed by atoms with van der Waals surface area (Å²) in [5.41, 5.74) is 2.78. The van der Waals surface area contributed by atoms with Crippen LogP contribution in [-0.4, -0.2) is 67.4 Å². The first-order valence-electron chi connectivity index (χ1n) is 13.9. The van der Waals surface area contributed by atoms with E-state index in [9.17, 15) is 14.2 Å². The lowest BCUT2D eigenvalue weighted by atomic mass is 9.74. The van der Waals surface area contributed by atoms with Gasteiger partial charge in [-0.15, -0.1) is 0 Å².